The van der Waals surface area contributed by atoms with Gasteiger partial charge in [0, 0.05) is 61.9 Å². The number of ether oxygens (including phenoxy) is 1. The zero-order valence-electron chi connectivity index (χ0n) is 17.1. The molecule has 156 valence electrons. The van der Waals surface area contributed by atoms with E-state index in [0.717, 1.165) is 50.4 Å². The number of nitrogens with one attached hydrogen (secondary N) is 1. The first-order valence-corrected chi connectivity index (χ1v) is 10.6. The van der Waals surface area contributed by atoms with E-state index in [-0.39, 0.29) is 5.56 Å². The van der Waals surface area contributed by atoms with Crippen molar-refractivity contribution in [3.05, 3.63) is 70.3 Å². The van der Waals surface area contributed by atoms with Crippen molar-refractivity contribution >= 4 is 16.9 Å². The number of nitrogens with zero attached hydrogens (tertiary/aromatic N) is 4. The summed E-state index contributed by atoms with van der Waals surface area (Å²) in [6.07, 6.45) is 4.88. The van der Waals surface area contributed by atoms with Gasteiger partial charge < -0.3 is 14.2 Å². The lowest BCUT2D eigenvalue weighted by molar-refractivity contribution is 0.122. The molecule has 7 nitrogen and oxygen atoms in total. The Labute approximate surface area is 175 Å². The molecule has 2 aliphatic rings. The summed E-state index contributed by atoms with van der Waals surface area (Å²) in [5, 5.41) is 1.28. The number of hydrogen-bond donors (Lipinski definition) is 1. The molecule has 1 N–H and O–H groups in total. The lowest BCUT2D eigenvalue weighted by atomic mass is 10.1. The van der Waals surface area contributed by atoms with Crippen molar-refractivity contribution in [2.45, 2.75) is 26.1 Å². The average molecular weight is 406 g/mol. The van der Waals surface area contributed by atoms with E-state index in [4.69, 9.17) is 9.72 Å². The van der Waals surface area contributed by atoms with Crippen LogP contribution in [-0.4, -0.2) is 52.3 Å². The molecule has 0 aliphatic carbocycles. The molecule has 0 atom stereocenters. The Hall–Kier alpha value is -2.90. The summed E-state index contributed by atoms with van der Waals surface area (Å²) in [6.45, 7) is 9.92. The van der Waals surface area contributed by atoms with Crippen LogP contribution in [0.5, 0.6) is 0 Å². The Kier molecular flexibility index (Phi) is 5.14. The van der Waals surface area contributed by atoms with Crippen LogP contribution in [0.1, 0.15) is 16.8 Å². The smallest absolute Gasteiger partial charge is 0.255 e. The highest BCUT2D eigenvalue weighted by Crippen LogP contribution is 2.25. The minimum Gasteiger partial charge on any atom is -0.378 e. The molecule has 1 aromatic carbocycles. The number of fused-ring (bicyclic) bond motifs is 2. The summed E-state index contributed by atoms with van der Waals surface area (Å²) in [7, 11) is 0. The number of anilines is 1. The summed E-state index contributed by atoms with van der Waals surface area (Å²) in [5.41, 5.74) is 4.27. The van der Waals surface area contributed by atoms with Crippen LogP contribution < -0.4 is 10.5 Å². The van der Waals surface area contributed by atoms with E-state index in [1.54, 1.807) is 0 Å². The standard InChI is InChI=1S/C23H27N5O2/c1-2-8-28-15-17(18-5-3-4-6-21(18)28)14-26-9-7-19-20(16-26)24-23(25-22(19)29)27-10-12-30-13-11-27/h2-6,15H,1,7-14,16H2,(H,24,25,29). The Morgan fingerprint density at radius 2 is 2.03 bits per heavy atom. The van der Waals surface area contributed by atoms with Crippen LogP contribution in [0.3, 0.4) is 0 Å². The molecule has 0 radical (unpaired) electrons. The lowest BCUT2D eigenvalue weighted by Crippen LogP contribution is -2.40. The van der Waals surface area contributed by atoms with Crippen molar-refractivity contribution in [3.63, 3.8) is 0 Å². The van der Waals surface area contributed by atoms with Gasteiger partial charge in [-0.1, -0.05) is 24.3 Å². The number of benzene rings is 1. The third kappa shape index (κ3) is 3.55. The fourth-order valence-electron chi connectivity index (χ4n) is 4.52. The van der Waals surface area contributed by atoms with Crippen molar-refractivity contribution in [1.29, 1.82) is 0 Å². The first-order valence-electron chi connectivity index (χ1n) is 10.6. The van der Waals surface area contributed by atoms with Crippen LogP contribution in [0, 0.1) is 0 Å². The third-order valence-electron chi connectivity index (χ3n) is 6.04. The largest absolute Gasteiger partial charge is 0.378 e. The predicted octanol–water partition coefficient (Wildman–Crippen LogP) is 2.31. The molecule has 0 saturated carbocycles. The van der Waals surface area contributed by atoms with Gasteiger partial charge in [-0.15, -0.1) is 6.58 Å². The maximum Gasteiger partial charge on any atom is 0.255 e. The van der Waals surface area contributed by atoms with Gasteiger partial charge in [-0.05, 0) is 18.1 Å². The summed E-state index contributed by atoms with van der Waals surface area (Å²) in [6, 6.07) is 8.50. The van der Waals surface area contributed by atoms with Gasteiger partial charge in [0.1, 0.15) is 0 Å². The van der Waals surface area contributed by atoms with Gasteiger partial charge in [0.15, 0.2) is 0 Å². The van der Waals surface area contributed by atoms with Crippen molar-refractivity contribution in [2.24, 2.45) is 0 Å². The molecule has 0 unspecified atom stereocenters. The molecule has 2 aliphatic heterocycles. The molecule has 0 spiro atoms. The second-order valence-corrected chi connectivity index (χ2v) is 7.99. The van der Waals surface area contributed by atoms with Gasteiger partial charge in [-0.2, -0.15) is 0 Å². The van der Waals surface area contributed by atoms with E-state index in [1.165, 1.54) is 16.5 Å². The second-order valence-electron chi connectivity index (χ2n) is 7.99. The van der Waals surface area contributed by atoms with Crippen molar-refractivity contribution in [3.8, 4) is 0 Å². The maximum atomic E-state index is 12.7. The zero-order valence-corrected chi connectivity index (χ0v) is 17.1. The fraction of sp³-hybridized carbons (Fsp3) is 0.391. The Bertz CT molecular complexity index is 1130. The molecule has 4 heterocycles. The molecule has 7 heteroatoms. The number of rotatable bonds is 5. The SMILES string of the molecule is C=CCn1cc(CN2CCc3c(nc(N4CCOCC4)[nH]c3=O)C2)c2ccccc21. The van der Waals surface area contributed by atoms with E-state index < -0.39 is 0 Å². The van der Waals surface area contributed by atoms with Crippen LogP contribution in [0.25, 0.3) is 10.9 Å². The topological polar surface area (TPSA) is 66.4 Å². The zero-order chi connectivity index (χ0) is 20.5. The molecule has 0 amide bonds. The number of H-pyrrole nitrogens is 1. The Morgan fingerprint density at radius 3 is 2.87 bits per heavy atom. The number of para-hydroxylation sites is 1. The van der Waals surface area contributed by atoms with Crippen LogP contribution in [0.2, 0.25) is 0 Å². The third-order valence-corrected chi connectivity index (χ3v) is 6.04. The van der Waals surface area contributed by atoms with Gasteiger partial charge in [-0.25, -0.2) is 4.98 Å². The highest BCUT2D eigenvalue weighted by atomic mass is 16.5. The van der Waals surface area contributed by atoms with E-state index in [1.807, 2.05) is 6.08 Å². The lowest BCUT2D eigenvalue weighted by Gasteiger charge is -2.30. The first kappa shape index (κ1) is 19.1. The molecular weight excluding hydrogens is 378 g/mol. The van der Waals surface area contributed by atoms with Crippen LogP contribution >= 0.6 is 0 Å². The van der Waals surface area contributed by atoms with Crippen LogP contribution in [0.4, 0.5) is 5.95 Å². The van der Waals surface area contributed by atoms with Gasteiger partial charge in [0.05, 0.1) is 18.9 Å². The fourth-order valence-corrected chi connectivity index (χ4v) is 4.52. The normalized spacial score (nSPS) is 17.3. The van der Waals surface area contributed by atoms with Gasteiger partial charge >= 0.3 is 0 Å². The monoisotopic (exact) mass is 405 g/mol. The summed E-state index contributed by atoms with van der Waals surface area (Å²) in [4.78, 5) is 25.0. The summed E-state index contributed by atoms with van der Waals surface area (Å²) < 4.78 is 7.67. The van der Waals surface area contributed by atoms with E-state index in [9.17, 15) is 4.79 Å². The van der Waals surface area contributed by atoms with Gasteiger partial charge in [0.2, 0.25) is 5.95 Å². The maximum absolute atomic E-state index is 12.7. The predicted molar refractivity (Wildman–Crippen MR) is 118 cm³/mol. The first-order chi connectivity index (χ1) is 14.7. The number of morpholine rings is 1. The molecule has 1 fully saturated rings. The highest BCUT2D eigenvalue weighted by Gasteiger charge is 2.24. The van der Waals surface area contributed by atoms with E-state index >= 15 is 0 Å². The number of aromatic nitrogens is 3. The molecule has 30 heavy (non-hydrogen) atoms. The number of aromatic amines is 1. The van der Waals surface area contributed by atoms with Crippen LogP contribution in [0.15, 0.2) is 47.9 Å². The van der Waals surface area contributed by atoms with Crippen molar-refractivity contribution in [2.75, 3.05) is 37.7 Å². The van der Waals surface area contributed by atoms with Crippen LogP contribution in [-0.2, 0) is 30.8 Å². The Morgan fingerprint density at radius 1 is 1.20 bits per heavy atom. The minimum atomic E-state index is 0.00345. The number of hydrogen-bond acceptors (Lipinski definition) is 5. The Balaban J connectivity index is 1.41. The molecule has 5 rings (SSSR count). The molecule has 2 aromatic heterocycles. The molecule has 0 bridgehead atoms. The quantitative estimate of drug-likeness (QED) is 0.660. The molecular formula is C23H27N5O2. The summed E-state index contributed by atoms with van der Waals surface area (Å²) in [5.74, 6) is 0.673. The van der Waals surface area contributed by atoms with Gasteiger partial charge in [0.25, 0.3) is 5.56 Å². The van der Waals surface area contributed by atoms with E-state index in [0.29, 0.717) is 25.7 Å². The van der Waals surface area contributed by atoms with Crippen molar-refractivity contribution < 1.29 is 4.74 Å². The minimum absolute atomic E-state index is 0.00345. The second kappa shape index (κ2) is 8.08. The highest BCUT2D eigenvalue weighted by molar-refractivity contribution is 5.84. The number of allylic oxidation sites excluding steroid dienone is 1. The molecule has 3 aromatic rings. The molecule has 1 saturated heterocycles. The van der Waals surface area contributed by atoms with E-state index in [2.05, 4.69) is 56.4 Å². The average Bonchev–Trinajstić information content (AvgIpc) is 3.12. The van der Waals surface area contributed by atoms with Gasteiger partial charge in [-0.3, -0.25) is 14.7 Å². The van der Waals surface area contributed by atoms with Crippen molar-refractivity contribution in [1.82, 2.24) is 19.4 Å². The summed E-state index contributed by atoms with van der Waals surface area (Å²) >= 11 is 0.